The van der Waals surface area contributed by atoms with Gasteiger partial charge in [-0.2, -0.15) is 5.10 Å². The van der Waals surface area contributed by atoms with E-state index < -0.39 is 0 Å². The Morgan fingerprint density at radius 3 is 2.88 bits per heavy atom. The van der Waals surface area contributed by atoms with Crippen molar-refractivity contribution in [2.45, 2.75) is 40.2 Å². The summed E-state index contributed by atoms with van der Waals surface area (Å²) < 4.78 is 3.21. The largest absolute Gasteiger partial charge is 0.316 e. The molecule has 1 atom stereocenters. The van der Waals surface area contributed by atoms with Gasteiger partial charge in [-0.05, 0) is 54.7 Å². The van der Waals surface area contributed by atoms with E-state index in [1.807, 2.05) is 6.20 Å². The van der Waals surface area contributed by atoms with E-state index in [1.165, 1.54) is 12.1 Å². The molecular weight excluding hydrogens is 266 g/mol. The van der Waals surface area contributed by atoms with E-state index in [0.717, 1.165) is 30.5 Å². The topological polar surface area (TPSA) is 29.9 Å². The molecule has 0 aromatic carbocycles. The van der Waals surface area contributed by atoms with E-state index >= 15 is 0 Å². The highest BCUT2D eigenvalue weighted by Crippen LogP contribution is 2.19. The van der Waals surface area contributed by atoms with Gasteiger partial charge in [0.15, 0.2) is 0 Å². The maximum absolute atomic E-state index is 4.33. The Balaban J connectivity index is 2.48. The first-order valence-corrected chi connectivity index (χ1v) is 6.89. The minimum absolute atomic E-state index is 0.643. The number of nitrogens with one attached hydrogen (secondary N) is 1. The molecule has 0 radical (unpaired) electrons. The lowest BCUT2D eigenvalue weighted by Crippen LogP contribution is -2.24. The minimum Gasteiger partial charge on any atom is -0.316 e. The molecule has 16 heavy (non-hydrogen) atoms. The molecule has 1 unspecified atom stereocenters. The molecule has 0 aliphatic carbocycles. The normalized spacial score (nSPS) is 13.0. The second-order valence-corrected chi connectivity index (χ2v) is 5.12. The average Bonchev–Trinajstić information content (AvgIpc) is 2.61. The first kappa shape index (κ1) is 13.7. The van der Waals surface area contributed by atoms with Crippen molar-refractivity contribution in [3.8, 4) is 0 Å². The van der Waals surface area contributed by atoms with Crippen molar-refractivity contribution in [1.82, 2.24) is 15.1 Å². The quantitative estimate of drug-likeness (QED) is 0.782. The Morgan fingerprint density at radius 2 is 2.25 bits per heavy atom. The SMILES string of the molecule is CCCNCC(C)Cc1c(Br)cnn1CC. The van der Waals surface area contributed by atoms with Gasteiger partial charge in [-0.15, -0.1) is 0 Å². The van der Waals surface area contributed by atoms with Gasteiger partial charge < -0.3 is 5.32 Å². The lowest BCUT2D eigenvalue weighted by molar-refractivity contribution is 0.486. The molecule has 0 spiro atoms. The molecule has 0 saturated carbocycles. The molecular formula is C12H22BrN3. The second-order valence-electron chi connectivity index (χ2n) is 4.27. The summed E-state index contributed by atoms with van der Waals surface area (Å²) in [4.78, 5) is 0. The maximum atomic E-state index is 4.33. The summed E-state index contributed by atoms with van der Waals surface area (Å²) in [5, 5.41) is 7.79. The third-order valence-corrected chi connectivity index (χ3v) is 3.32. The third kappa shape index (κ3) is 3.91. The van der Waals surface area contributed by atoms with Crippen LogP contribution < -0.4 is 5.32 Å². The number of aromatic nitrogens is 2. The van der Waals surface area contributed by atoms with Crippen LogP contribution in [0, 0.1) is 5.92 Å². The van der Waals surface area contributed by atoms with E-state index in [-0.39, 0.29) is 0 Å². The number of aryl methyl sites for hydroxylation is 1. The summed E-state index contributed by atoms with van der Waals surface area (Å²) in [5.74, 6) is 0.643. The zero-order chi connectivity index (χ0) is 12.0. The Morgan fingerprint density at radius 1 is 1.50 bits per heavy atom. The number of halogens is 1. The van der Waals surface area contributed by atoms with Crippen LogP contribution in [0.1, 0.15) is 32.9 Å². The first-order chi connectivity index (χ1) is 7.69. The highest BCUT2D eigenvalue weighted by Gasteiger charge is 2.11. The van der Waals surface area contributed by atoms with E-state index in [0.29, 0.717) is 5.92 Å². The van der Waals surface area contributed by atoms with Gasteiger partial charge in [0, 0.05) is 6.54 Å². The van der Waals surface area contributed by atoms with Gasteiger partial charge in [-0.1, -0.05) is 13.8 Å². The molecule has 3 nitrogen and oxygen atoms in total. The fourth-order valence-electron chi connectivity index (χ4n) is 1.79. The maximum Gasteiger partial charge on any atom is 0.0635 e. The van der Waals surface area contributed by atoms with E-state index in [2.05, 4.69) is 51.8 Å². The molecule has 4 heteroatoms. The molecule has 0 bridgehead atoms. The summed E-state index contributed by atoms with van der Waals surface area (Å²) in [7, 11) is 0. The lowest BCUT2D eigenvalue weighted by atomic mass is 10.1. The van der Waals surface area contributed by atoms with Crippen LogP contribution in [0.2, 0.25) is 0 Å². The first-order valence-electron chi connectivity index (χ1n) is 6.09. The third-order valence-electron chi connectivity index (χ3n) is 2.66. The number of rotatable bonds is 7. The van der Waals surface area contributed by atoms with Crippen LogP contribution >= 0.6 is 15.9 Å². The van der Waals surface area contributed by atoms with Crippen LogP contribution in [0.25, 0.3) is 0 Å². The molecule has 1 rings (SSSR count). The van der Waals surface area contributed by atoms with Crippen molar-refractivity contribution in [3.63, 3.8) is 0 Å². The summed E-state index contributed by atoms with van der Waals surface area (Å²) >= 11 is 3.56. The van der Waals surface area contributed by atoms with E-state index in [9.17, 15) is 0 Å². The van der Waals surface area contributed by atoms with Crippen LogP contribution in [-0.4, -0.2) is 22.9 Å². The monoisotopic (exact) mass is 287 g/mol. The Kier molecular flexibility index (Phi) is 6.06. The molecule has 0 amide bonds. The molecule has 0 fully saturated rings. The van der Waals surface area contributed by atoms with Crippen molar-refractivity contribution in [3.05, 3.63) is 16.4 Å². The number of hydrogen-bond acceptors (Lipinski definition) is 2. The zero-order valence-electron chi connectivity index (χ0n) is 10.5. The molecule has 1 aromatic heterocycles. The molecule has 1 aromatic rings. The van der Waals surface area contributed by atoms with Crippen LogP contribution in [0.5, 0.6) is 0 Å². The van der Waals surface area contributed by atoms with Gasteiger partial charge in [0.2, 0.25) is 0 Å². The van der Waals surface area contributed by atoms with E-state index in [1.54, 1.807) is 0 Å². The van der Waals surface area contributed by atoms with Crippen molar-refractivity contribution in [1.29, 1.82) is 0 Å². The van der Waals surface area contributed by atoms with Crippen LogP contribution in [0.3, 0.4) is 0 Å². The Labute approximate surface area is 107 Å². The predicted molar refractivity (Wildman–Crippen MR) is 71.6 cm³/mol. The summed E-state index contributed by atoms with van der Waals surface area (Å²) in [6.07, 6.45) is 4.17. The predicted octanol–water partition coefficient (Wildman–Crippen LogP) is 2.84. The fraction of sp³-hybridized carbons (Fsp3) is 0.750. The van der Waals surface area contributed by atoms with Crippen LogP contribution in [0.15, 0.2) is 10.7 Å². The van der Waals surface area contributed by atoms with E-state index in [4.69, 9.17) is 0 Å². The molecule has 1 heterocycles. The molecule has 0 aliphatic rings. The Hall–Kier alpha value is -0.350. The van der Waals surface area contributed by atoms with Gasteiger partial charge in [0.25, 0.3) is 0 Å². The van der Waals surface area contributed by atoms with Gasteiger partial charge >= 0.3 is 0 Å². The van der Waals surface area contributed by atoms with Gasteiger partial charge in [-0.3, -0.25) is 4.68 Å². The van der Waals surface area contributed by atoms with Crippen molar-refractivity contribution in [2.24, 2.45) is 5.92 Å². The van der Waals surface area contributed by atoms with Crippen LogP contribution in [0.4, 0.5) is 0 Å². The molecule has 0 aliphatic heterocycles. The van der Waals surface area contributed by atoms with Crippen molar-refractivity contribution < 1.29 is 0 Å². The zero-order valence-corrected chi connectivity index (χ0v) is 12.0. The fourth-order valence-corrected chi connectivity index (χ4v) is 2.25. The summed E-state index contributed by atoms with van der Waals surface area (Å²) in [6.45, 7) is 9.73. The minimum atomic E-state index is 0.643. The summed E-state index contributed by atoms with van der Waals surface area (Å²) in [5.41, 5.74) is 1.31. The number of nitrogens with zero attached hydrogens (tertiary/aromatic N) is 2. The Bertz CT molecular complexity index is 309. The smallest absolute Gasteiger partial charge is 0.0635 e. The summed E-state index contributed by atoms with van der Waals surface area (Å²) in [6, 6.07) is 0. The highest BCUT2D eigenvalue weighted by atomic mass is 79.9. The number of hydrogen-bond donors (Lipinski definition) is 1. The lowest BCUT2D eigenvalue weighted by Gasteiger charge is -2.13. The second kappa shape index (κ2) is 7.07. The van der Waals surface area contributed by atoms with Crippen molar-refractivity contribution in [2.75, 3.05) is 13.1 Å². The van der Waals surface area contributed by atoms with Crippen LogP contribution in [-0.2, 0) is 13.0 Å². The molecule has 92 valence electrons. The standard InChI is InChI=1S/C12H22BrN3/c1-4-6-14-8-10(3)7-12-11(13)9-15-16(12)5-2/h9-10,14H,4-8H2,1-3H3. The molecule has 0 saturated heterocycles. The molecule has 1 N–H and O–H groups in total. The highest BCUT2D eigenvalue weighted by molar-refractivity contribution is 9.10. The van der Waals surface area contributed by atoms with Gasteiger partial charge in [0.05, 0.1) is 16.4 Å². The average molecular weight is 288 g/mol. The van der Waals surface area contributed by atoms with Crippen molar-refractivity contribution >= 4 is 15.9 Å². The van der Waals surface area contributed by atoms with Gasteiger partial charge in [0.1, 0.15) is 0 Å². The van der Waals surface area contributed by atoms with Gasteiger partial charge in [-0.25, -0.2) is 0 Å².